The second kappa shape index (κ2) is 4.92. The number of rotatable bonds is 5. The van der Waals surface area contributed by atoms with Crippen LogP contribution in [0.4, 0.5) is 0 Å². The second-order valence-electron chi connectivity index (χ2n) is 5.02. The lowest BCUT2D eigenvalue weighted by molar-refractivity contribution is 0.292. The molecule has 2 aromatic rings. The first-order valence-corrected chi connectivity index (χ1v) is 6.59. The van der Waals surface area contributed by atoms with E-state index in [1.807, 2.05) is 18.4 Å². The largest absolute Gasteiger partial charge is 0.464 e. The van der Waals surface area contributed by atoms with Gasteiger partial charge in [0.15, 0.2) is 0 Å². The Balaban J connectivity index is 1.53. The minimum atomic E-state index is 0.920. The van der Waals surface area contributed by atoms with E-state index in [9.17, 15) is 0 Å². The maximum atomic E-state index is 5.52. The zero-order valence-corrected chi connectivity index (χ0v) is 10.1. The van der Waals surface area contributed by atoms with Gasteiger partial charge in [-0.3, -0.25) is 0 Å². The molecule has 3 rings (SSSR count). The van der Waals surface area contributed by atoms with Crippen molar-refractivity contribution in [1.29, 1.82) is 0 Å². The van der Waals surface area contributed by atoms with E-state index in [-0.39, 0.29) is 0 Å². The third-order valence-electron chi connectivity index (χ3n) is 3.83. The van der Waals surface area contributed by atoms with E-state index in [1.54, 1.807) is 0 Å². The highest BCUT2D eigenvalue weighted by molar-refractivity contribution is 5.80. The molecule has 1 aromatic heterocycles. The molecule has 17 heavy (non-hydrogen) atoms. The summed E-state index contributed by atoms with van der Waals surface area (Å²) >= 11 is 0. The van der Waals surface area contributed by atoms with Crippen LogP contribution in [0.15, 0.2) is 34.9 Å². The monoisotopic (exact) mass is 229 g/mol. The van der Waals surface area contributed by atoms with E-state index in [0.29, 0.717) is 0 Å². The molecule has 90 valence electrons. The first-order valence-electron chi connectivity index (χ1n) is 6.59. The predicted molar refractivity (Wildman–Crippen MR) is 69.9 cm³/mol. The van der Waals surface area contributed by atoms with E-state index in [0.717, 1.165) is 24.6 Å². The first kappa shape index (κ1) is 10.8. The van der Waals surface area contributed by atoms with Gasteiger partial charge < -0.3 is 9.73 Å². The summed E-state index contributed by atoms with van der Waals surface area (Å²) in [6.07, 6.45) is 7.53. The number of hydrogen-bond donors (Lipinski definition) is 1. The van der Waals surface area contributed by atoms with Crippen LogP contribution >= 0.6 is 0 Å². The van der Waals surface area contributed by atoms with Gasteiger partial charge in [-0.25, -0.2) is 0 Å². The molecule has 1 saturated carbocycles. The summed E-state index contributed by atoms with van der Waals surface area (Å²) in [5.41, 5.74) is 2.26. The van der Waals surface area contributed by atoms with Gasteiger partial charge in [-0.15, -0.1) is 0 Å². The summed E-state index contributed by atoms with van der Waals surface area (Å²) in [6, 6.07) is 8.23. The molecule has 0 atom stereocenters. The van der Waals surface area contributed by atoms with Crippen LogP contribution in [0.5, 0.6) is 0 Å². The Morgan fingerprint density at radius 3 is 2.94 bits per heavy atom. The molecule has 2 heteroatoms. The van der Waals surface area contributed by atoms with Crippen molar-refractivity contribution in [2.24, 2.45) is 5.92 Å². The van der Waals surface area contributed by atoms with Crippen molar-refractivity contribution in [2.75, 3.05) is 6.54 Å². The zero-order valence-electron chi connectivity index (χ0n) is 10.1. The van der Waals surface area contributed by atoms with Gasteiger partial charge in [-0.1, -0.05) is 37.5 Å². The van der Waals surface area contributed by atoms with Crippen molar-refractivity contribution in [3.8, 4) is 0 Å². The highest BCUT2D eigenvalue weighted by Gasteiger charge is 2.16. The average Bonchev–Trinajstić information content (AvgIpc) is 2.70. The van der Waals surface area contributed by atoms with Crippen molar-refractivity contribution >= 4 is 11.0 Å². The summed E-state index contributed by atoms with van der Waals surface area (Å²) in [6.45, 7) is 2.05. The SMILES string of the molecule is c1ccc2c(CNCCC3CCC3)coc2c1. The van der Waals surface area contributed by atoms with E-state index >= 15 is 0 Å². The lowest BCUT2D eigenvalue weighted by Gasteiger charge is -2.25. The Hall–Kier alpha value is -1.28. The second-order valence-corrected chi connectivity index (χ2v) is 5.02. The van der Waals surface area contributed by atoms with Gasteiger partial charge in [0.2, 0.25) is 0 Å². The summed E-state index contributed by atoms with van der Waals surface area (Å²) in [7, 11) is 0. The zero-order chi connectivity index (χ0) is 11.5. The van der Waals surface area contributed by atoms with Crippen molar-refractivity contribution in [3.63, 3.8) is 0 Å². The Morgan fingerprint density at radius 2 is 2.12 bits per heavy atom. The summed E-state index contributed by atoms with van der Waals surface area (Å²) in [5.74, 6) is 0.989. The van der Waals surface area contributed by atoms with Crippen molar-refractivity contribution in [1.82, 2.24) is 5.32 Å². The Bertz CT molecular complexity index is 484. The molecule has 0 unspecified atom stereocenters. The molecule has 0 spiro atoms. The topological polar surface area (TPSA) is 25.2 Å². The fourth-order valence-corrected chi connectivity index (χ4v) is 2.48. The molecule has 1 aromatic carbocycles. The van der Waals surface area contributed by atoms with Gasteiger partial charge >= 0.3 is 0 Å². The van der Waals surface area contributed by atoms with Crippen LogP contribution in [0, 0.1) is 5.92 Å². The van der Waals surface area contributed by atoms with E-state index in [1.165, 1.54) is 36.6 Å². The van der Waals surface area contributed by atoms with Crippen molar-refractivity contribution < 1.29 is 4.42 Å². The molecule has 1 aliphatic rings. The van der Waals surface area contributed by atoms with E-state index in [2.05, 4.69) is 17.4 Å². The van der Waals surface area contributed by atoms with Crippen LogP contribution in [0.1, 0.15) is 31.2 Å². The number of furan rings is 1. The molecular formula is C15H19NO. The lowest BCUT2D eigenvalue weighted by atomic mass is 9.83. The van der Waals surface area contributed by atoms with Crippen LogP contribution in [0.3, 0.4) is 0 Å². The number of hydrogen-bond acceptors (Lipinski definition) is 2. The minimum absolute atomic E-state index is 0.920. The summed E-state index contributed by atoms with van der Waals surface area (Å²) < 4.78 is 5.52. The molecule has 1 N–H and O–H groups in total. The Labute approximate surface area is 102 Å². The van der Waals surface area contributed by atoms with Crippen LogP contribution in [-0.2, 0) is 6.54 Å². The molecule has 2 nitrogen and oxygen atoms in total. The van der Waals surface area contributed by atoms with Crippen molar-refractivity contribution in [2.45, 2.75) is 32.2 Å². The van der Waals surface area contributed by atoms with Gasteiger partial charge in [0.1, 0.15) is 5.58 Å². The van der Waals surface area contributed by atoms with E-state index in [4.69, 9.17) is 4.42 Å². The highest BCUT2D eigenvalue weighted by atomic mass is 16.3. The maximum absolute atomic E-state index is 5.52. The molecule has 1 fully saturated rings. The minimum Gasteiger partial charge on any atom is -0.464 e. The molecule has 0 amide bonds. The third kappa shape index (κ3) is 2.37. The maximum Gasteiger partial charge on any atom is 0.134 e. The molecule has 0 radical (unpaired) electrons. The van der Waals surface area contributed by atoms with Crippen LogP contribution < -0.4 is 5.32 Å². The third-order valence-corrected chi connectivity index (χ3v) is 3.83. The fourth-order valence-electron chi connectivity index (χ4n) is 2.48. The quantitative estimate of drug-likeness (QED) is 0.791. The molecule has 1 aliphatic carbocycles. The van der Waals surface area contributed by atoms with Crippen LogP contribution in [-0.4, -0.2) is 6.54 Å². The van der Waals surface area contributed by atoms with E-state index < -0.39 is 0 Å². The average molecular weight is 229 g/mol. The normalized spacial score (nSPS) is 16.2. The molecule has 0 bridgehead atoms. The van der Waals surface area contributed by atoms with Gasteiger partial charge in [0, 0.05) is 17.5 Å². The summed E-state index contributed by atoms with van der Waals surface area (Å²) in [5, 5.41) is 4.76. The standard InChI is InChI=1S/C15H19NO/c1-2-7-15-14(6-1)13(11-17-15)10-16-9-8-12-4-3-5-12/h1-2,6-7,11-12,16H,3-5,8-10H2. The Morgan fingerprint density at radius 1 is 1.24 bits per heavy atom. The predicted octanol–water partition coefficient (Wildman–Crippen LogP) is 3.71. The number of para-hydroxylation sites is 1. The number of nitrogens with one attached hydrogen (secondary N) is 1. The summed E-state index contributed by atoms with van der Waals surface area (Å²) in [4.78, 5) is 0. The van der Waals surface area contributed by atoms with Gasteiger partial charge in [0.05, 0.1) is 6.26 Å². The highest BCUT2D eigenvalue weighted by Crippen LogP contribution is 2.28. The smallest absolute Gasteiger partial charge is 0.134 e. The fraction of sp³-hybridized carbons (Fsp3) is 0.467. The molecule has 1 heterocycles. The van der Waals surface area contributed by atoms with Crippen molar-refractivity contribution in [3.05, 3.63) is 36.1 Å². The van der Waals surface area contributed by atoms with Gasteiger partial charge in [-0.2, -0.15) is 0 Å². The number of fused-ring (bicyclic) bond motifs is 1. The molecule has 0 aliphatic heterocycles. The van der Waals surface area contributed by atoms with Gasteiger partial charge in [0.25, 0.3) is 0 Å². The lowest BCUT2D eigenvalue weighted by Crippen LogP contribution is -2.20. The molecular weight excluding hydrogens is 210 g/mol. The Kier molecular flexibility index (Phi) is 3.14. The van der Waals surface area contributed by atoms with Crippen LogP contribution in [0.2, 0.25) is 0 Å². The first-order chi connectivity index (χ1) is 8.43. The van der Waals surface area contributed by atoms with Crippen LogP contribution in [0.25, 0.3) is 11.0 Å². The molecule has 0 saturated heterocycles. The number of benzene rings is 1. The van der Waals surface area contributed by atoms with Gasteiger partial charge in [-0.05, 0) is 24.9 Å².